The van der Waals surface area contributed by atoms with Gasteiger partial charge < -0.3 is 10.2 Å². The number of aliphatic hydroxyl groups is 2. The average Bonchev–Trinajstić information content (AvgIpc) is 2.96. The predicted molar refractivity (Wildman–Crippen MR) is 105 cm³/mol. The number of benzene rings is 1. The highest BCUT2D eigenvalue weighted by Gasteiger charge is 2.49. The Labute approximate surface area is 160 Å². The first-order chi connectivity index (χ1) is 12.3. The summed E-state index contributed by atoms with van der Waals surface area (Å²) in [5, 5.41) is 31.6. The van der Waals surface area contributed by atoms with Gasteiger partial charge in [-0.25, -0.2) is 0 Å². The first-order valence-electron chi connectivity index (χ1n) is 9.13. The molecule has 0 spiro atoms. The van der Waals surface area contributed by atoms with Gasteiger partial charge in [-0.3, -0.25) is 0 Å². The lowest BCUT2D eigenvalue weighted by Crippen LogP contribution is -2.54. The van der Waals surface area contributed by atoms with Gasteiger partial charge in [0, 0.05) is 5.02 Å². The molecule has 2 unspecified atom stereocenters. The van der Waals surface area contributed by atoms with Crippen LogP contribution in [-0.4, -0.2) is 36.9 Å². The smallest absolute Gasteiger partial charge is 0.131 e. The van der Waals surface area contributed by atoms with E-state index < -0.39 is 17.1 Å². The van der Waals surface area contributed by atoms with Crippen LogP contribution in [0.25, 0.3) is 16.7 Å². The molecule has 2 aromatic rings. The highest BCUT2D eigenvalue weighted by atomic mass is 35.5. The lowest BCUT2D eigenvalue weighted by atomic mass is 9.67. The molecule has 6 heteroatoms. The average molecular weight is 377 g/mol. The summed E-state index contributed by atoms with van der Waals surface area (Å²) in [6.07, 6.45) is 2.33. The maximum Gasteiger partial charge on any atom is 0.131 e. The van der Waals surface area contributed by atoms with E-state index in [9.17, 15) is 10.2 Å². The van der Waals surface area contributed by atoms with Gasteiger partial charge in [-0.2, -0.15) is 4.80 Å². The predicted octanol–water partition coefficient (Wildman–Crippen LogP) is 4.05. The molecule has 1 aromatic heterocycles. The number of aliphatic hydroxyl groups excluding tert-OH is 1. The largest absolute Gasteiger partial charge is 0.383 e. The summed E-state index contributed by atoms with van der Waals surface area (Å²) in [4.78, 5) is 1.30. The first kappa shape index (κ1) is 17.7. The number of rotatable bonds is 1. The molecule has 0 saturated heterocycles. The van der Waals surface area contributed by atoms with Gasteiger partial charge in [0.1, 0.15) is 22.7 Å². The second-order valence-corrected chi connectivity index (χ2v) is 9.33. The third-order valence-corrected chi connectivity index (χ3v) is 5.16. The number of fused-ring (bicyclic) bond motifs is 1. The topological polar surface area (TPSA) is 71.2 Å². The van der Waals surface area contributed by atoms with Crippen LogP contribution in [0.2, 0.25) is 5.02 Å². The number of aromatic nitrogens is 3. The highest BCUT2D eigenvalue weighted by Crippen LogP contribution is 2.45. The molecule has 2 N–H and O–H groups in total. The van der Waals surface area contributed by atoms with Gasteiger partial charge in [-0.1, -0.05) is 53.1 Å². The van der Waals surface area contributed by atoms with Crippen molar-refractivity contribution in [1.29, 1.82) is 0 Å². The zero-order valence-corrected chi connectivity index (χ0v) is 16.8. The fraction of sp³-hybridized carbons (Fsp3) is 0.500. The zero-order valence-electron chi connectivity index (χ0n) is 17.0. The minimum atomic E-state index is -1.50. The van der Waals surface area contributed by atoms with Crippen LogP contribution in [0.5, 0.6) is 0 Å². The van der Waals surface area contributed by atoms with E-state index in [0.717, 1.165) is 5.57 Å². The van der Waals surface area contributed by atoms with Crippen LogP contribution in [0.3, 0.4) is 0 Å². The van der Waals surface area contributed by atoms with E-state index in [1.54, 1.807) is 18.2 Å². The van der Waals surface area contributed by atoms with Crippen molar-refractivity contribution in [3.8, 4) is 0 Å². The molecule has 1 heterocycles. The summed E-state index contributed by atoms with van der Waals surface area (Å²) in [5.74, 6) is 0. The monoisotopic (exact) mass is 376 g/mol. The van der Waals surface area contributed by atoms with E-state index in [0.29, 0.717) is 16.7 Å². The summed E-state index contributed by atoms with van der Waals surface area (Å²) in [5.41, 5.74) is -0.274. The fourth-order valence-corrected chi connectivity index (χ4v) is 3.14. The third-order valence-electron chi connectivity index (χ3n) is 4.94. The van der Waals surface area contributed by atoms with Gasteiger partial charge >= 0.3 is 0 Å². The Kier molecular flexibility index (Phi) is 4.03. The lowest BCUT2D eigenvalue weighted by Gasteiger charge is -2.45. The number of halogens is 1. The standard InChI is InChI=1S/C20H26ClN3O2/c1-18(2,3)12-9-16(17(25)20(26,11-12)19(4,5)6)24-22-14-8-7-13(21)10-15(14)23-24/h7-11,17,25-26H,1-6H3/i10D. The molecule has 0 bridgehead atoms. The summed E-state index contributed by atoms with van der Waals surface area (Å²) < 4.78 is 8.09. The van der Waals surface area contributed by atoms with Gasteiger partial charge in [0.15, 0.2) is 0 Å². The van der Waals surface area contributed by atoms with Crippen LogP contribution in [-0.2, 0) is 0 Å². The molecule has 3 rings (SSSR count). The Balaban J connectivity index is 2.23. The Hall–Kier alpha value is -1.69. The second-order valence-electron chi connectivity index (χ2n) is 8.93. The van der Waals surface area contributed by atoms with Crippen molar-refractivity contribution in [1.82, 2.24) is 15.0 Å². The van der Waals surface area contributed by atoms with E-state index >= 15 is 0 Å². The molecule has 0 radical (unpaired) electrons. The van der Waals surface area contributed by atoms with Gasteiger partial charge in [-0.05, 0) is 46.7 Å². The highest BCUT2D eigenvalue weighted by molar-refractivity contribution is 6.31. The molecule has 26 heavy (non-hydrogen) atoms. The van der Waals surface area contributed by atoms with Gasteiger partial charge in [-0.15, -0.1) is 10.2 Å². The van der Waals surface area contributed by atoms with E-state index in [1.165, 1.54) is 4.80 Å². The van der Waals surface area contributed by atoms with E-state index in [4.69, 9.17) is 13.0 Å². The Morgan fingerprint density at radius 1 is 1.15 bits per heavy atom. The number of hydrogen-bond donors (Lipinski definition) is 2. The minimum Gasteiger partial charge on any atom is -0.383 e. The molecule has 1 aliphatic carbocycles. The normalized spacial score (nSPS) is 25.1. The van der Waals surface area contributed by atoms with Crippen molar-refractivity contribution >= 4 is 28.3 Å². The SMILES string of the molecule is [2H]c1c(Cl)ccc2nn(C3=CC(C(C)(C)C)=CC(O)(C(C)(C)C)C3O)nc12. The third kappa shape index (κ3) is 3.08. The Morgan fingerprint density at radius 2 is 1.77 bits per heavy atom. The van der Waals surface area contributed by atoms with Crippen LogP contribution < -0.4 is 0 Å². The van der Waals surface area contributed by atoms with Crippen molar-refractivity contribution < 1.29 is 11.6 Å². The molecule has 1 aliphatic rings. The number of allylic oxidation sites excluding steroid dienone is 2. The molecule has 5 nitrogen and oxygen atoms in total. The molecular weight excluding hydrogens is 350 g/mol. The second kappa shape index (κ2) is 5.91. The van der Waals surface area contributed by atoms with Crippen molar-refractivity contribution in [2.24, 2.45) is 10.8 Å². The van der Waals surface area contributed by atoms with Crippen LogP contribution >= 0.6 is 11.6 Å². The molecule has 2 atom stereocenters. The van der Waals surface area contributed by atoms with Gasteiger partial charge in [0.2, 0.25) is 0 Å². The van der Waals surface area contributed by atoms with Crippen LogP contribution in [0.4, 0.5) is 0 Å². The Bertz CT molecular complexity index is 966. The molecule has 0 amide bonds. The zero-order chi connectivity index (χ0) is 20.4. The molecule has 140 valence electrons. The van der Waals surface area contributed by atoms with Crippen LogP contribution in [0.1, 0.15) is 42.9 Å². The minimum absolute atomic E-state index is 0.0870. The maximum atomic E-state index is 11.4. The fourth-order valence-electron chi connectivity index (χ4n) is 2.99. The maximum absolute atomic E-state index is 11.4. The van der Waals surface area contributed by atoms with Crippen LogP contribution in [0, 0.1) is 10.8 Å². The van der Waals surface area contributed by atoms with Crippen LogP contribution in [0.15, 0.2) is 35.9 Å². The van der Waals surface area contributed by atoms with E-state index in [1.807, 2.05) is 47.6 Å². The van der Waals surface area contributed by atoms with Crippen molar-refractivity contribution in [2.45, 2.75) is 53.2 Å². The quantitative estimate of drug-likeness (QED) is 0.787. The lowest BCUT2D eigenvalue weighted by molar-refractivity contribution is -0.0874. The summed E-state index contributed by atoms with van der Waals surface area (Å²) >= 11 is 6.02. The number of nitrogens with zero attached hydrogens (tertiary/aromatic N) is 3. The van der Waals surface area contributed by atoms with Crippen molar-refractivity contribution in [2.75, 3.05) is 0 Å². The molecule has 1 aromatic carbocycles. The van der Waals surface area contributed by atoms with Gasteiger partial charge in [0.25, 0.3) is 0 Å². The Morgan fingerprint density at radius 3 is 2.35 bits per heavy atom. The van der Waals surface area contributed by atoms with E-state index in [2.05, 4.69) is 10.2 Å². The number of hydrogen-bond acceptors (Lipinski definition) is 4. The van der Waals surface area contributed by atoms with Crippen molar-refractivity contribution in [3.05, 3.63) is 40.9 Å². The molecule has 0 aliphatic heterocycles. The summed E-state index contributed by atoms with van der Waals surface area (Å²) in [6, 6.07) is 3.37. The van der Waals surface area contributed by atoms with Gasteiger partial charge in [0.05, 0.1) is 7.07 Å². The first-order valence-corrected chi connectivity index (χ1v) is 9.01. The molecule has 0 fully saturated rings. The van der Waals surface area contributed by atoms with E-state index in [-0.39, 0.29) is 16.5 Å². The molecule has 0 saturated carbocycles. The van der Waals surface area contributed by atoms with Crippen molar-refractivity contribution in [3.63, 3.8) is 0 Å². The summed E-state index contributed by atoms with van der Waals surface area (Å²) in [7, 11) is 0. The summed E-state index contributed by atoms with van der Waals surface area (Å²) in [6.45, 7) is 11.8. The molecular formula is C20H26ClN3O2.